The number of nitrogens with two attached hydrogens (primary N) is 1. The van der Waals surface area contributed by atoms with Crippen LogP contribution in [0.2, 0.25) is 0 Å². The van der Waals surface area contributed by atoms with Crippen molar-refractivity contribution in [2.75, 3.05) is 18.0 Å². The smallest absolute Gasteiger partial charge is 0.217 e. The Bertz CT molecular complexity index is 480. The van der Waals surface area contributed by atoms with Crippen LogP contribution in [0.25, 0.3) is 0 Å². The molecular weight excluding hydrogens is 256 g/mol. The molecule has 5 heteroatoms. The van der Waals surface area contributed by atoms with Gasteiger partial charge in [0.25, 0.3) is 0 Å². The summed E-state index contributed by atoms with van der Waals surface area (Å²) in [5.74, 6) is 0.258. The number of aliphatic hydroxyl groups is 1. The number of hydrogen-bond acceptors (Lipinski definition) is 4. The fraction of sp³-hybridized carbons (Fsp3) is 0.533. The molecule has 4 N–H and O–H groups in total. The number of phenolic OH excluding ortho intramolecular Hbond substituents is 1. The topological polar surface area (TPSA) is 86.8 Å². The van der Waals surface area contributed by atoms with E-state index in [-0.39, 0.29) is 11.7 Å². The van der Waals surface area contributed by atoms with Crippen LogP contribution >= 0.6 is 0 Å². The molecule has 1 amide bonds. The van der Waals surface area contributed by atoms with Crippen LogP contribution in [0.5, 0.6) is 5.75 Å². The Kier molecular flexibility index (Phi) is 4.49. The minimum atomic E-state index is -0.676. The molecule has 0 aromatic heterocycles. The summed E-state index contributed by atoms with van der Waals surface area (Å²) in [6, 6.07) is 5.36. The first-order valence-electron chi connectivity index (χ1n) is 7.01. The molecule has 1 aliphatic heterocycles. The first-order valence-corrected chi connectivity index (χ1v) is 7.01. The Morgan fingerprint density at radius 1 is 1.45 bits per heavy atom. The molecular formula is C15H22N2O3. The van der Waals surface area contributed by atoms with Crippen LogP contribution in [0.1, 0.15) is 37.9 Å². The third-order valence-corrected chi connectivity index (χ3v) is 3.93. The molecule has 20 heavy (non-hydrogen) atoms. The van der Waals surface area contributed by atoms with Crippen molar-refractivity contribution in [2.45, 2.75) is 32.3 Å². The molecule has 1 atom stereocenters. The second-order valence-electron chi connectivity index (χ2n) is 5.52. The Morgan fingerprint density at radius 2 is 2.10 bits per heavy atom. The van der Waals surface area contributed by atoms with Gasteiger partial charge in [0, 0.05) is 36.8 Å². The molecule has 110 valence electrons. The molecule has 1 aliphatic rings. The van der Waals surface area contributed by atoms with Crippen molar-refractivity contribution in [1.82, 2.24) is 0 Å². The number of aromatic hydroxyl groups is 1. The van der Waals surface area contributed by atoms with Crippen LogP contribution in [0.4, 0.5) is 5.69 Å². The highest BCUT2D eigenvalue weighted by Gasteiger charge is 2.21. The quantitative estimate of drug-likeness (QED) is 0.779. The van der Waals surface area contributed by atoms with Gasteiger partial charge in [-0.15, -0.1) is 0 Å². The first-order chi connectivity index (χ1) is 9.47. The fourth-order valence-electron chi connectivity index (χ4n) is 2.76. The van der Waals surface area contributed by atoms with Gasteiger partial charge in [-0.05, 0) is 31.7 Å². The van der Waals surface area contributed by atoms with Gasteiger partial charge >= 0.3 is 0 Å². The lowest BCUT2D eigenvalue weighted by Gasteiger charge is -2.33. The van der Waals surface area contributed by atoms with Crippen LogP contribution in [0.15, 0.2) is 18.2 Å². The zero-order chi connectivity index (χ0) is 14.7. The molecule has 2 rings (SSSR count). The fourth-order valence-corrected chi connectivity index (χ4v) is 2.76. The summed E-state index contributed by atoms with van der Waals surface area (Å²) in [5, 5.41) is 19.4. The number of rotatable bonds is 4. The van der Waals surface area contributed by atoms with Gasteiger partial charge < -0.3 is 20.8 Å². The zero-order valence-electron chi connectivity index (χ0n) is 11.7. The van der Waals surface area contributed by atoms with E-state index in [0.717, 1.165) is 31.6 Å². The number of phenols is 1. The summed E-state index contributed by atoms with van der Waals surface area (Å²) in [4.78, 5) is 13.1. The van der Waals surface area contributed by atoms with E-state index in [1.54, 1.807) is 19.1 Å². The molecule has 1 fully saturated rings. The number of nitrogens with zero attached hydrogens (tertiary/aromatic N) is 1. The summed E-state index contributed by atoms with van der Waals surface area (Å²) < 4.78 is 0. The maximum absolute atomic E-state index is 10.9. The van der Waals surface area contributed by atoms with Crippen LogP contribution in [0.3, 0.4) is 0 Å². The summed E-state index contributed by atoms with van der Waals surface area (Å²) in [5.41, 5.74) is 6.71. The number of aliphatic hydroxyl groups excluding tert-OH is 1. The highest BCUT2D eigenvalue weighted by molar-refractivity contribution is 5.74. The van der Waals surface area contributed by atoms with E-state index in [1.165, 1.54) is 0 Å². The van der Waals surface area contributed by atoms with Crippen molar-refractivity contribution < 1.29 is 15.0 Å². The Labute approximate surface area is 119 Å². The molecule has 1 aromatic rings. The highest BCUT2D eigenvalue weighted by Crippen LogP contribution is 2.31. The molecule has 1 heterocycles. The van der Waals surface area contributed by atoms with Gasteiger partial charge in [-0.25, -0.2) is 0 Å². The number of hydrogen-bond donors (Lipinski definition) is 3. The van der Waals surface area contributed by atoms with Crippen molar-refractivity contribution in [3.8, 4) is 5.75 Å². The predicted molar refractivity (Wildman–Crippen MR) is 77.5 cm³/mol. The summed E-state index contributed by atoms with van der Waals surface area (Å²) in [6.45, 7) is 3.33. The normalized spacial score (nSPS) is 18.0. The van der Waals surface area contributed by atoms with Crippen LogP contribution in [-0.4, -0.2) is 29.2 Å². The molecule has 1 saturated heterocycles. The van der Waals surface area contributed by atoms with Gasteiger partial charge in [0.15, 0.2) is 0 Å². The maximum Gasteiger partial charge on any atom is 0.217 e. The molecule has 1 aromatic carbocycles. The van der Waals surface area contributed by atoms with Gasteiger partial charge in [-0.2, -0.15) is 0 Å². The Hall–Kier alpha value is -1.75. The van der Waals surface area contributed by atoms with Gasteiger partial charge in [0.05, 0.1) is 6.10 Å². The number of carbonyl (C=O) groups is 1. The van der Waals surface area contributed by atoms with Crippen molar-refractivity contribution in [3.05, 3.63) is 23.8 Å². The molecule has 0 bridgehead atoms. The molecule has 0 radical (unpaired) electrons. The SMILES string of the molecule is CC(O)c1ccc(N2CCC(CC(N)=O)CC2)cc1O. The minimum absolute atomic E-state index is 0.122. The summed E-state index contributed by atoms with van der Waals surface area (Å²) in [7, 11) is 0. The number of piperidine rings is 1. The van der Waals surface area contributed by atoms with E-state index in [9.17, 15) is 15.0 Å². The minimum Gasteiger partial charge on any atom is -0.507 e. The van der Waals surface area contributed by atoms with E-state index in [0.29, 0.717) is 17.9 Å². The zero-order valence-corrected chi connectivity index (χ0v) is 11.7. The first kappa shape index (κ1) is 14.7. The lowest BCUT2D eigenvalue weighted by Crippen LogP contribution is -2.35. The highest BCUT2D eigenvalue weighted by atomic mass is 16.3. The van der Waals surface area contributed by atoms with Crippen molar-refractivity contribution in [2.24, 2.45) is 11.7 Å². The van der Waals surface area contributed by atoms with Crippen LogP contribution in [-0.2, 0) is 4.79 Å². The lowest BCUT2D eigenvalue weighted by molar-refractivity contribution is -0.119. The van der Waals surface area contributed by atoms with E-state index in [1.807, 2.05) is 6.07 Å². The standard InChI is InChI=1S/C15H22N2O3/c1-10(18)13-3-2-12(9-14(13)19)17-6-4-11(5-7-17)8-15(16)20/h2-3,9-11,18-19H,4-8H2,1H3,(H2,16,20). The van der Waals surface area contributed by atoms with Gasteiger partial charge in [0.1, 0.15) is 5.75 Å². The summed E-state index contributed by atoms with van der Waals surface area (Å²) >= 11 is 0. The number of amides is 1. The molecule has 5 nitrogen and oxygen atoms in total. The third-order valence-electron chi connectivity index (χ3n) is 3.93. The van der Waals surface area contributed by atoms with Crippen molar-refractivity contribution in [3.63, 3.8) is 0 Å². The van der Waals surface area contributed by atoms with E-state index < -0.39 is 6.10 Å². The van der Waals surface area contributed by atoms with Gasteiger partial charge in [-0.3, -0.25) is 4.79 Å². The Morgan fingerprint density at radius 3 is 2.60 bits per heavy atom. The van der Waals surface area contributed by atoms with Crippen molar-refractivity contribution in [1.29, 1.82) is 0 Å². The largest absolute Gasteiger partial charge is 0.507 e. The second kappa shape index (κ2) is 6.13. The van der Waals surface area contributed by atoms with E-state index >= 15 is 0 Å². The second-order valence-corrected chi connectivity index (χ2v) is 5.52. The monoisotopic (exact) mass is 278 g/mol. The number of benzene rings is 1. The summed E-state index contributed by atoms with van der Waals surface area (Å²) in [6.07, 6.45) is 1.65. The molecule has 0 saturated carbocycles. The van der Waals surface area contributed by atoms with Crippen LogP contribution < -0.4 is 10.6 Å². The van der Waals surface area contributed by atoms with Crippen molar-refractivity contribution >= 4 is 11.6 Å². The average Bonchev–Trinajstić information content (AvgIpc) is 2.38. The molecule has 1 unspecified atom stereocenters. The number of primary amides is 1. The van der Waals surface area contributed by atoms with Gasteiger partial charge in [-0.1, -0.05) is 6.07 Å². The number of anilines is 1. The number of carbonyl (C=O) groups excluding carboxylic acids is 1. The molecule has 0 aliphatic carbocycles. The lowest BCUT2D eigenvalue weighted by atomic mass is 9.93. The Balaban J connectivity index is 2.00. The maximum atomic E-state index is 10.9. The van der Waals surface area contributed by atoms with Crippen LogP contribution in [0, 0.1) is 5.92 Å². The third kappa shape index (κ3) is 3.42. The predicted octanol–water partition coefficient (Wildman–Crippen LogP) is 1.54. The van der Waals surface area contributed by atoms with E-state index in [2.05, 4.69) is 4.90 Å². The van der Waals surface area contributed by atoms with Gasteiger partial charge in [0.2, 0.25) is 5.91 Å². The molecule has 0 spiro atoms. The van der Waals surface area contributed by atoms with E-state index in [4.69, 9.17) is 5.73 Å². The average molecular weight is 278 g/mol.